The first-order valence-corrected chi connectivity index (χ1v) is 7.54. The van der Waals surface area contributed by atoms with E-state index < -0.39 is 0 Å². The maximum absolute atomic E-state index is 12.5. The van der Waals surface area contributed by atoms with E-state index >= 15 is 0 Å². The zero-order valence-electron chi connectivity index (χ0n) is 12.3. The number of hydrogen-bond donors (Lipinski definition) is 2. The average molecular weight is 334 g/mol. The van der Waals surface area contributed by atoms with Crippen molar-refractivity contribution in [3.05, 3.63) is 41.0 Å². The summed E-state index contributed by atoms with van der Waals surface area (Å²) in [6.07, 6.45) is 0. The molecule has 0 aliphatic carbocycles. The maximum atomic E-state index is 12.5. The first kappa shape index (κ1) is 15.4. The Morgan fingerprint density at radius 2 is 1.87 bits per heavy atom. The number of anilines is 2. The number of para-hydroxylation sites is 1. The highest BCUT2D eigenvalue weighted by Crippen LogP contribution is 2.21. The lowest BCUT2D eigenvalue weighted by molar-refractivity contribution is 0.0743. The van der Waals surface area contributed by atoms with Crippen LogP contribution in [0.3, 0.4) is 0 Å². The Morgan fingerprint density at radius 3 is 2.52 bits per heavy atom. The van der Waals surface area contributed by atoms with Crippen LogP contribution in [0.1, 0.15) is 10.4 Å². The van der Waals surface area contributed by atoms with E-state index in [-0.39, 0.29) is 17.6 Å². The normalized spacial score (nSPS) is 14.8. The van der Waals surface area contributed by atoms with E-state index in [0.717, 1.165) is 0 Å². The minimum atomic E-state index is -0.178. The molecule has 0 saturated carbocycles. The number of carbonyl (C=O) groups is 1. The van der Waals surface area contributed by atoms with E-state index in [9.17, 15) is 9.90 Å². The molecule has 1 saturated heterocycles. The zero-order chi connectivity index (χ0) is 16.4. The Morgan fingerprint density at radius 1 is 1.17 bits per heavy atom. The van der Waals surface area contributed by atoms with Gasteiger partial charge in [0.1, 0.15) is 16.7 Å². The molecule has 23 heavy (non-hydrogen) atoms. The van der Waals surface area contributed by atoms with Crippen LogP contribution in [-0.2, 0) is 0 Å². The molecule has 2 aromatic rings. The lowest BCUT2D eigenvalue weighted by Crippen LogP contribution is -2.49. The zero-order valence-corrected chi connectivity index (χ0v) is 13.1. The molecule has 120 valence electrons. The van der Waals surface area contributed by atoms with Crippen molar-refractivity contribution in [1.82, 2.24) is 14.9 Å². The second-order valence-electron chi connectivity index (χ2n) is 5.20. The fourth-order valence-electron chi connectivity index (χ4n) is 2.55. The quantitative estimate of drug-likeness (QED) is 0.806. The number of benzene rings is 1. The van der Waals surface area contributed by atoms with Crippen molar-refractivity contribution < 1.29 is 9.90 Å². The van der Waals surface area contributed by atoms with Crippen LogP contribution in [0.5, 0.6) is 5.75 Å². The third kappa shape index (κ3) is 3.29. The Labute approximate surface area is 138 Å². The van der Waals surface area contributed by atoms with Gasteiger partial charge in [-0.1, -0.05) is 23.7 Å². The summed E-state index contributed by atoms with van der Waals surface area (Å²) in [5, 5.41) is 10.1. The second kappa shape index (κ2) is 6.29. The predicted octanol–water partition coefficient (Wildman–Crippen LogP) is 1.38. The number of carbonyl (C=O) groups excluding carboxylic acids is 1. The van der Waals surface area contributed by atoms with Crippen molar-refractivity contribution in [2.24, 2.45) is 0 Å². The van der Waals surface area contributed by atoms with E-state index in [0.29, 0.717) is 42.7 Å². The Bertz CT molecular complexity index is 711. The summed E-state index contributed by atoms with van der Waals surface area (Å²) >= 11 is 5.90. The molecule has 1 aromatic heterocycles. The van der Waals surface area contributed by atoms with Gasteiger partial charge in [-0.25, -0.2) is 4.98 Å². The van der Waals surface area contributed by atoms with Gasteiger partial charge in [0.25, 0.3) is 5.91 Å². The minimum Gasteiger partial charge on any atom is -0.507 e. The van der Waals surface area contributed by atoms with E-state index in [4.69, 9.17) is 17.3 Å². The summed E-state index contributed by atoms with van der Waals surface area (Å²) in [5.41, 5.74) is 5.92. The summed E-state index contributed by atoms with van der Waals surface area (Å²) in [6, 6.07) is 8.20. The standard InChI is InChI=1S/C15H16ClN5O2/c16-12-9-13(19-15(17)18-12)20-5-7-21(8-6-20)14(23)10-3-1-2-4-11(10)22/h1-4,9,22H,5-8H2,(H2,17,18,19). The molecule has 0 bridgehead atoms. The molecular formula is C15H16ClN5O2. The number of nitrogens with zero attached hydrogens (tertiary/aromatic N) is 4. The van der Waals surface area contributed by atoms with Gasteiger partial charge in [-0.2, -0.15) is 4.98 Å². The molecular weight excluding hydrogens is 318 g/mol. The van der Waals surface area contributed by atoms with Crippen molar-refractivity contribution in [3.8, 4) is 5.75 Å². The van der Waals surface area contributed by atoms with Gasteiger partial charge < -0.3 is 20.6 Å². The number of phenolic OH excluding ortho intramolecular Hbond substituents is 1. The number of halogens is 1. The highest BCUT2D eigenvalue weighted by Gasteiger charge is 2.24. The van der Waals surface area contributed by atoms with E-state index in [1.54, 1.807) is 29.2 Å². The molecule has 3 rings (SSSR count). The van der Waals surface area contributed by atoms with Gasteiger partial charge in [0.2, 0.25) is 5.95 Å². The number of piperazine rings is 1. The third-order valence-electron chi connectivity index (χ3n) is 3.72. The minimum absolute atomic E-state index is 0.00437. The summed E-state index contributed by atoms with van der Waals surface area (Å²) in [5.74, 6) is 0.593. The molecule has 2 heterocycles. The van der Waals surface area contributed by atoms with E-state index in [1.807, 2.05) is 4.90 Å². The highest BCUT2D eigenvalue weighted by molar-refractivity contribution is 6.29. The van der Waals surface area contributed by atoms with Crippen LogP contribution >= 0.6 is 11.6 Å². The van der Waals surface area contributed by atoms with Crippen LogP contribution in [0.2, 0.25) is 5.15 Å². The van der Waals surface area contributed by atoms with Gasteiger partial charge in [0.15, 0.2) is 0 Å². The van der Waals surface area contributed by atoms with Crippen LogP contribution in [-0.4, -0.2) is 52.1 Å². The van der Waals surface area contributed by atoms with Gasteiger partial charge >= 0.3 is 0 Å². The number of hydrogen-bond acceptors (Lipinski definition) is 6. The molecule has 1 fully saturated rings. The molecule has 3 N–H and O–H groups in total. The molecule has 0 radical (unpaired) electrons. The van der Waals surface area contributed by atoms with Crippen LogP contribution in [0.4, 0.5) is 11.8 Å². The van der Waals surface area contributed by atoms with Crippen LogP contribution in [0.25, 0.3) is 0 Å². The highest BCUT2D eigenvalue weighted by atomic mass is 35.5. The van der Waals surface area contributed by atoms with Crippen LogP contribution in [0.15, 0.2) is 30.3 Å². The van der Waals surface area contributed by atoms with Crippen LogP contribution < -0.4 is 10.6 Å². The lowest BCUT2D eigenvalue weighted by Gasteiger charge is -2.35. The molecule has 0 atom stereocenters. The molecule has 1 aliphatic rings. The molecule has 1 aliphatic heterocycles. The van der Waals surface area contributed by atoms with Crippen molar-refractivity contribution in [2.75, 3.05) is 36.8 Å². The van der Waals surface area contributed by atoms with E-state index in [2.05, 4.69) is 9.97 Å². The largest absolute Gasteiger partial charge is 0.507 e. The summed E-state index contributed by atoms with van der Waals surface area (Å²) in [6.45, 7) is 2.25. The summed E-state index contributed by atoms with van der Waals surface area (Å²) < 4.78 is 0. The van der Waals surface area contributed by atoms with Gasteiger partial charge in [-0.3, -0.25) is 4.79 Å². The Kier molecular flexibility index (Phi) is 4.20. The van der Waals surface area contributed by atoms with Crippen LogP contribution in [0, 0.1) is 0 Å². The average Bonchev–Trinajstić information content (AvgIpc) is 2.54. The Balaban J connectivity index is 1.69. The van der Waals surface area contributed by atoms with E-state index in [1.165, 1.54) is 6.07 Å². The molecule has 8 heteroatoms. The van der Waals surface area contributed by atoms with Crippen molar-refractivity contribution >= 4 is 29.3 Å². The predicted molar refractivity (Wildman–Crippen MR) is 87.7 cm³/mol. The monoisotopic (exact) mass is 333 g/mol. The summed E-state index contributed by atoms with van der Waals surface area (Å²) in [7, 11) is 0. The smallest absolute Gasteiger partial charge is 0.257 e. The Hall–Kier alpha value is -2.54. The van der Waals surface area contributed by atoms with Gasteiger partial charge in [0.05, 0.1) is 5.56 Å². The maximum Gasteiger partial charge on any atom is 0.257 e. The van der Waals surface area contributed by atoms with Crippen molar-refractivity contribution in [1.29, 1.82) is 0 Å². The molecule has 7 nitrogen and oxygen atoms in total. The fraction of sp³-hybridized carbons (Fsp3) is 0.267. The second-order valence-corrected chi connectivity index (χ2v) is 5.59. The number of phenols is 1. The topological polar surface area (TPSA) is 95.6 Å². The fourth-order valence-corrected chi connectivity index (χ4v) is 2.73. The lowest BCUT2D eigenvalue weighted by atomic mass is 10.1. The number of aromatic nitrogens is 2. The third-order valence-corrected chi connectivity index (χ3v) is 3.92. The van der Waals surface area contributed by atoms with Crippen molar-refractivity contribution in [2.45, 2.75) is 0 Å². The first-order valence-electron chi connectivity index (χ1n) is 7.17. The van der Waals surface area contributed by atoms with Gasteiger partial charge in [-0.15, -0.1) is 0 Å². The number of nitrogens with two attached hydrogens (primary N) is 1. The summed E-state index contributed by atoms with van der Waals surface area (Å²) in [4.78, 5) is 24.2. The number of nitrogen functional groups attached to an aromatic ring is 1. The first-order chi connectivity index (χ1) is 11.0. The molecule has 1 aromatic carbocycles. The number of aromatic hydroxyl groups is 1. The number of rotatable bonds is 2. The molecule has 0 spiro atoms. The van der Waals surface area contributed by atoms with Crippen molar-refractivity contribution in [3.63, 3.8) is 0 Å². The number of amides is 1. The molecule has 0 unspecified atom stereocenters. The SMILES string of the molecule is Nc1nc(Cl)cc(N2CCN(C(=O)c3ccccc3O)CC2)n1. The van der Waals surface area contributed by atoms with Gasteiger partial charge in [0, 0.05) is 32.2 Å². The van der Waals surface area contributed by atoms with Gasteiger partial charge in [-0.05, 0) is 12.1 Å². The molecule has 1 amide bonds.